The van der Waals surface area contributed by atoms with Crippen molar-refractivity contribution in [1.82, 2.24) is 9.78 Å². The van der Waals surface area contributed by atoms with Crippen molar-refractivity contribution in [2.75, 3.05) is 0 Å². The van der Waals surface area contributed by atoms with Gasteiger partial charge in [0.1, 0.15) is 0 Å². The van der Waals surface area contributed by atoms with Crippen LogP contribution in [0.3, 0.4) is 0 Å². The van der Waals surface area contributed by atoms with Gasteiger partial charge in [-0.1, -0.05) is 23.7 Å². The number of aryl methyl sites for hydroxylation is 1. The molecular formula is C13H16ClN3. The molecule has 3 nitrogen and oxygen atoms in total. The summed E-state index contributed by atoms with van der Waals surface area (Å²) < 4.78 is 1.89. The number of halogens is 1. The summed E-state index contributed by atoms with van der Waals surface area (Å²) in [6, 6.07) is 7.77. The van der Waals surface area contributed by atoms with Gasteiger partial charge in [0, 0.05) is 29.4 Å². The van der Waals surface area contributed by atoms with E-state index in [1.54, 1.807) is 0 Å². The maximum Gasteiger partial charge on any atom is 0.0537 e. The van der Waals surface area contributed by atoms with Crippen LogP contribution >= 0.6 is 11.6 Å². The third-order valence-electron chi connectivity index (χ3n) is 2.77. The van der Waals surface area contributed by atoms with Crippen molar-refractivity contribution in [1.29, 1.82) is 0 Å². The van der Waals surface area contributed by atoms with E-state index in [0.29, 0.717) is 0 Å². The normalized spacial score (nSPS) is 12.6. The van der Waals surface area contributed by atoms with Crippen molar-refractivity contribution in [3.05, 3.63) is 52.8 Å². The maximum atomic E-state index is 6.15. The van der Waals surface area contributed by atoms with Gasteiger partial charge in [0.05, 0.1) is 6.20 Å². The summed E-state index contributed by atoms with van der Waals surface area (Å²) in [5.74, 6) is 0. The van der Waals surface area contributed by atoms with Crippen molar-refractivity contribution in [3.8, 4) is 0 Å². The number of hydrogen-bond acceptors (Lipinski definition) is 2. The zero-order valence-electron chi connectivity index (χ0n) is 9.81. The van der Waals surface area contributed by atoms with Crippen LogP contribution in [0.25, 0.3) is 0 Å². The fraction of sp³-hybridized carbons (Fsp3) is 0.308. The van der Waals surface area contributed by atoms with Gasteiger partial charge in [0.15, 0.2) is 0 Å². The Balaban J connectivity index is 2.05. The molecule has 2 aromatic rings. The molecule has 1 heterocycles. The van der Waals surface area contributed by atoms with E-state index in [9.17, 15) is 0 Å². The molecule has 90 valence electrons. The molecule has 17 heavy (non-hydrogen) atoms. The number of nitrogens with two attached hydrogens (primary N) is 1. The SMILES string of the molecule is CCn1cc(C(N)Cc2ccc(Cl)cc2)cn1. The van der Waals surface area contributed by atoms with Gasteiger partial charge in [-0.2, -0.15) is 5.10 Å². The largest absolute Gasteiger partial charge is 0.324 e. The van der Waals surface area contributed by atoms with Gasteiger partial charge >= 0.3 is 0 Å². The minimum atomic E-state index is -0.0172. The van der Waals surface area contributed by atoms with Gasteiger partial charge in [-0.15, -0.1) is 0 Å². The lowest BCUT2D eigenvalue weighted by Crippen LogP contribution is -2.12. The Morgan fingerprint density at radius 3 is 2.65 bits per heavy atom. The predicted octanol–water partition coefficient (Wildman–Crippen LogP) is 2.80. The molecular weight excluding hydrogens is 234 g/mol. The third-order valence-corrected chi connectivity index (χ3v) is 3.03. The van der Waals surface area contributed by atoms with Crippen LogP contribution in [0.4, 0.5) is 0 Å². The fourth-order valence-corrected chi connectivity index (χ4v) is 1.86. The highest BCUT2D eigenvalue weighted by Crippen LogP contribution is 2.17. The second-order valence-electron chi connectivity index (χ2n) is 4.07. The lowest BCUT2D eigenvalue weighted by Gasteiger charge is -2.09. The molecule has 0 spiro atoms. The van der Waals surface area contributed by atoms with E-state index in [0.717, 1.165) is 23.6 Å². The average molecular weight is 250 g/mol. The first-order valence-corrected chi connectivity index (χ1v) is 6.09. The lowest BCUT2D eigenvalue weighted by atomic mass is 10.0. The Bertz CT molecular complexity index is 476. The Kier molecular flexibility index (Phi) is 3.82. The highest BCUT2D eigenvalue weighted by Gasteiger charge is 2.09. The van der Waals surface area contributed by atoms with Crippen molar-refractivity contribution in [2.24, 2.45) is 5.73 Å². The van der Waals surface area contributed by atoms with E-state index in [1.807, 2.05) is 41.3 Å². The van der Waals surface area contributed by atoms with Crippen LogP contribution < -0.4 is 5.73 Å². The summed E-state index contributed by atoms with van der Waals surface area (Å²) in [5, 5.41) is 4.98. The summed E-state index contributed by atoms with van der Waals surface area (Å²) in [5.41, 5.74) is 8.40. The first-order chi connectivity index (χ1) is 8.19. The number of aromatic nitrogens is 2. The van der Waals surface area contributed by atoms with E-state index in [2.05, 4.69) is 12.0 Å². The van der Waals surface area contributed by atoms with E-state index in [1.165, 1.54) is 5.56 Å². The molecule has 0 saturated heterocycles. The predicted molar refractivity (Wildman–Crippen MR) is 70.0 cm³/mol. The molecule has 0 aliphatic heterocycles. The smallest absolute Gasteiger partial charge is 0.0537 e. The molecule has 0 fully saturated rings. The van der Waals surface area contributed by atoms with Crippen LogP contribution in [0.1, 0.15) is 24.1 Å². The Labute approximate surface area is 106 Å². The molecule has 1 atom stereocenters. The van der Waals surface area contributed by atoms with E-state index in [4.69, 9.17) is 17.3 Å². The summed E-state index contributed by atoms with van der Waals surface area (Å²) in [7, 11) is 0. The van der Waals surface area contributed by atoms with Crippen LogP contribution in [0, 0.1) is 0 Å². The van der Waals surface area contributed by atoms with Gasteiger partial charge in [0.25, 0.3) is 0 Å². The molecule has 0 amide bonds. The summed E-state index contributed by atoms with van der Waals surface area (Å²) in [4.78, 5) is 0. The van der Waals surface area contributed by atoms with E-state index >= 15 is 0 Å². The standard InChI is InChI=1S/C13H16ClN3/c1-2-17-9-11(8-16-17)13(15)7-10-3-5-12(14)6-4-10/h3-6,8-9,13H,2,7,15H2,1H3. The third kappa shape index (κ3) is 3.08. The molecule has 0 aliphatic rings. The lowest BCUT2D eigenvalue weighted by molar-refractivity contribution is 0.655. The quantitative estimate of drug-likeness (QED) is 0.906. The average Bonchev–Trinajstić information content (AvgIpc) is 2.81. The molecule has 1 aromatic heterocycles. The molecule has 0 saturated carbocycles. The number of rotatable bonds is 4. The molecule has 1 aromatic carbocycles. The molecule has 4 heteroatoms. The molecule has 0 bridgehead atoms. The van der Waals surface area contributed by atoms with Gasteiger partial charge in [0.2, 0.25) is 0 Å². The van der Waals surface area contributed by atoms with Crippen molar-refractivity contribution in [3.63, 3.8) is 0 Å². The van der Waals surface area contributed by atoms with Gasteiger partial charge < -0.3 is 5.73 Å². The Morgan fingerprint density at radius 1 is 1.35 bits per heavy atom. The van der Waals surface area contributed by atoms with Gasteiger partial charge in [-0.3, -0.25) is 4.68 Å². The second kappa shape index (κ2) is 5.34. The minimum Gasteiger partial charge on any atom is -0.324 e. The van der Waals surface area contributed by atoms with Crippen LogP contribution in [0.2, 0.25) is 5.02 Å². The number of nitrogens with zero attached hydrogens (tertiary/aromatic N) is 2. The number of benzene rings is 1. The summed E-state index contributed by atoms with van der Waals surface area (Å²) in [6.45, 7) is 2.93. The molecule has 0 aliphatic carbocycles. The maximum absolute atomic E-state index is 6.15. The molecule has 1 unspecified atom stereocenters. The molecule has 0 radical (unpaired) electrons. The topological polar surface area (TPSA) is 43.8 Å². The Morgan fingerprint density at radius 2 is 2.06 bits per heavy atom. The van der Waals surface area contributed by atoms with Gasteiger partial charge in [-0.25, -0.2) is 0 Å². The van der Waals surface area contributed by atoms with E-state index in [-0.39, 0.29) is 6.04 Å². The van der Waals surface area contributed by atoms with Crippen molar-refractivity contribution < 1.29 is 0 Å². The van der Waals surface area contributed by atoms with Crippen LogP contribution in [-0.4, -0.2) is 9.78 Å². The zero-order valence-corrected chi connectivity index (χ0v) is 10.6. The van der Waals surface area contributed by atoms with Crippen LogP contribution in [-0.2, 0) is 13.0 Å². The highest BCUT2D eigenvalue weighted by atomic mass is 35.5. The summed E-state index contributed by atoms with van der Waals surface area (Å²) >= 11 is 5.84. The second-order valence-corrected chi connectivity index (χ2v) is 4.50. The minimum absolute atomic E-state index is 0.0172. The van der Waals surface area contributed by atoms with Crippen LogP contribution in [0.5, 0.6) is 0 Å². The molecule has 2 N–H and O–H groups in total. The van der Waals surface area contributed by atoms with Crippen molar-refractivity contribution in [2.45, 2.75) is 25.9 Å². The highest BCUT2D eigenvalue weighted by molar-refractivity contribution is 6.30. The van der Waals surface area contributed by atoms with Crippen molar-refractivity contribution >= 4 is 11.6 Å². The summed E-state index contributed by atoms with van der Waals surface area (Å²) in [6.07, 6.45) is 4.64. The van der Waals surface area contributed by atoms with Crippen LogP contribution in [0.15, 0.2) is 36.7 Å². The fourth-order valence-electron chi connectivity index (χ4n) is 1.74. The number of hydrogen-bond donors (Lipinski definition) is 1. The monoisotopic (exact) mass is 249 g/mol. The Hall–Kier alpha value is -1.32. The zero-order chi connectivity index (χ0) is 12.3. The molecule has 2 rings (SSSR count). The van der Waals surface area contributed by atoms with E-state index < -0.39 is 0 Å². The van der Waals surface area contributed by atoms with Gasteiger partial charge in [-0.05, 0) is 31.0 Å². The first-order valence-electron chi connectivity index (χ1n) is 5.71. The first kappa shape index (κ1) is 12.1.